The molecule has 0 amide bonds. The topological polar surface area (TPSA) is 59.2 Å². The van der Waals surface area contributed by atoms with E-state index in [9.17, 15) is 0 Å². The van der Waals surface area contributed by atoms with Crippen molar-refractivity contribution in [1.29, 1.82) is 0 Å². The maximum atomic E-state index is 8.63. The van der Waals surface area contributed by atoms with Crippen LogP contribution in [0.5, 0.6) is 0 Å². The molecule has 0 radical (unpaired) electrons. The van der Waals surface area contributed by atoms with Crippen LogP contribution in [0.2, 0.25) is 0 Å². The molecular formula is C7H12N2O2S. The van der Waals surface area contributed by atoms with Crippen LogP contribution in [0, 0.1) is 0 Å². The molecule has 0 aliphatic rings. The zero-order chi connectivity index (χ0) is 8.97. The van der Waals surface area contributed by atoms with E-state index in [4.69, 9.17) is 9.63 Å². The van der Waals surface area contributed by atoms with E-state index in [0.717, 1.165) is 5.75 Å². The fourth-order valence-corrected chi connectivity index (χ4v) is 1.25. The fraction of sp³-hybridized carbons (Fsp3) is 0.714. The van der Waals surface area contributed by atoms with Gasteiger partial charge in [0.2, 0.25) is 0 Å². The van der Waals surface area contributed by atoms with Gasteiger partial charge in [-0.15, -0.1) is 0 Å². The van der Waals surface area contributed by atoms with Crippen LogP contribution in [0.4, 0.5) is 0 Å². The number of hydrogen-bond acceptors (Lipinski definition) is 5. The SMILES string of the molecule is CC(C)SCc1noc(CO)n1. The minimum Gasteiger partial charge on any atom is -0.387 e. The molecule has 1 rings (SSSR count). The van der Waals surface area contributed by atoms with Crippen molar-refractivity contribution in [2.75, 3.05) is 0 Å². The van der Waals surface area contributed by atoms with Gasteiger partial charge in [0.25, 0.3) is 5.89 Å². The Hall–Kier alpha value is -0.550. The van der Waals surface area contributed by atoms with Gasteiger partial charge in [-0.05, 0) is 5.25 Å². The lowest BCUT2D eigenvalue weighted by Gasteiger charge is -1.98. The molecule has 0 saturated heterocycles. The highest BCUT2D eigenvalue weighted by Crippen LogP contribution is 2.14. The van der Waals surface area contributed by atoms with Gasteiger partial charge in [0.05, 0.1) is 5.75 Å². The minimum atomic E-state index is -0.181. The Morgan fingerprint density at radius 3 is 2.83 bits per heavy atom. The molecule has 12 heavy (non-hydrogen) atoms. The van der Waals surface area contributed by atoms with Gasteiger partial charge >= 0.3 is 0 Å². The van der Waals surface area contributed by atoms with Crippen molar-refractivity contribution in [3.63, 3.8) is 0 Å². The molecule has 1 heterocycles. The van der Waals surface area contributed by atoms with Crippen molar-refractivity contribution in [2.24, 2.45) is 0 Å². The summed E-state index contributed by atoms with van der Waals surface area (Å²) >= 11 is 1.74. The third-order valence-corrected chi connectivity index (χ3v) is 2.28. The standard InChI is InChI=1S/C7H12N2O2S/c1-5(2)12-4-6-8-7(3-10)11-9-6/h5,10H,3-4H2,1-2H3. The molecule has 0 aromatic carbocycles. The largest absolute Gasteiger partial charge is 0.387 e. The van der Waals surface area contributed by atoms with Crippen LogP contribution >= 0.6 is 11.8 Å². The minimum absolute atomic E-state index is 0.181. The van der Waals surface area contributed by atoms with Crippen LogP contribution in [-0.4, -0.2) is 20.5 Å². The van der Waals surface area contributed by atoms with Gasteiger partial charge in [0.1, 0.15) is 6.61 Å². The maximum absolute atomic E-state index is 8.63. The lowest BCUT2D eigenvalue weighted by molar-refractivity contribution is 0.222. The molecule has 0 aliphatic carbocycles. The summed E-state index contributed by atoms with van der Waals surface area (Å²) in [6, 6.07) is 0. The normalized spacial score (nSPS) is 11.0. The summed E-state index contributed by atoms with van der Waals surface area (Å²) in [5.74, 6) is 1.67. The first-order chi connectivity index (χ1) is 5.72. The van der Waals surface area contributed by atoms with E-state index in [1.165, 1.54) is 0 Å². The summed E-state index contributed by atoms with van der Waals surface area (Å²) in [5.41, 5.74) is 0. The van der Waals surface area contributed by atoms with Crippen molar-refractivity contribution >= 4 is 11.8 Å². The molecule has 68 valence electrons. The summed E-state index contributed by atoms with van der Waals surface area (Å²) in [6.45, 7) is 4.04. The molecule has 0 bridgehead atoms. The molecular weight excluding hydrogens is 176 g/mol. The summed E-state index contributed by atoms with van der Waals surface area (Å²) < 4.78 is 4.72. The van der Waals surface area contributed by atoms with Gasteiger partial charge in [0, 0.05) is 0 Å². The second-order valence-corrected chi connectivity index (χ2v) is 4.19. The summed E-state index contributed by atoms with van der Waals surface area (Å²) in [4.78, 5) is 3.95. The molecule has 0 spiro atoms. The van der Waals surface area contributed by atoms with Crippen LogP contribution < -0.4 is 0 Å². The van der Waals surface area contributed by atoms with E-state index in [-0.39, 0.29) is 12.5 Å². The molecule has 0 saturated carbocycles. The number of nitrogens with zero attached hydrogens (tertiary/aromatic N) is 2. The third-order valence-electron chi connectivity index (χ3n) is 1.19. The highest BCUT2D eigenvalue weighted by Gasteiger charge is 2.05. The second-order valence-electron chi connectivity index (χ2n) is 2.62. The molecule has 1 aromatic heterocycles. The Kier molecular flexibility index (Phi) is 3.55. The van der Waals surface area contributed by atoms with Crippen LogP contribution in [0.15, 0.2) is 4.52 Å². The molecule has 0 fully saturated rings. The highest BCUT2D eigenvalue weighted by molar-refractivity contribution is 7.99. The van der Waals surface area contributed by atoms with Gasteiger partial charge in [-0.3, -0.25) is 0 Å². The van der Waals surface area contributed by atoms with Gasteiger partial charge in [-0.25, -0.2) is 0 Å². The zero-order valence-electron chi connectivity index (χ0n) is 7.15. The Morgan fingerprint density at radius 2 is 2.33 bits per heavy atom. The van der Waals surface area contributed by atoms with Crippen molar-refractivity contribution in [2.45, 2.75) is 31.5 Å². The van der Waals surface area contributed by atoms with Crippen LogP contribution in [0.3, 0.4) is 0 Å². The number of aliphatic hydroxyl groups excluding tert-OH is 1. The first-order valence-corrected chi connectivity index (χ1v) is 4.81. The lowest BCUT2D eigenvalue weighted by atomic mass is 10.6. The van der Waals surface area contributed by atoms with E-state index in [2.05, 4.69) is 24.0 Å². The number of aliphatic hydroxyl groups is 1. The second kappa shape index (κ2) is 4.47. The first-order valence-electron chi connectivity index (χ1n) is 3.76. The Bertz CT molecular complexity index is 237. The highest BCUT2D eigenvalue weighted by atomic mass is 32.2. The predicted molar refractivity (Wildman–Crippen MR) is 46.7 cm³/mol. The van der Waals surface area contributed by atoms with E-state index in [0.29, 0.717) is 11.1 Å². The average molecular weight is 188 g/mol. The molecule has 5 heteroatoms. The molecule has 0 aliphatic heterocycles. The summed E-state index contributed by atoms with van der Waals surface area (Å²) in [7, 11) is 0. The fourth-order valence-electron chi connectivity index (χ4n) is 0.654. The zero-order valence-corrected chi connectivity index (χ0v) is 7.97. The van der Waals surface area contributed by atoms with Crippen molar-refractivity contribution < 1.29 is 9.63 Å². The molecule has 0 unspecified atom stereocenters. The molecule has 0 atom stereocenters. The monoisotopic (exact) mass is 188 g/mol. The number of rotatable bonds is 4. The predicted octanol–water partition coefficient (Wildman–Crippen LogP) is 1.20. The summed E-state index contributed by atoms with van der Waals surface area (Å²) in [5, 5.41) is 12.9. The van der Waals surface area contributed by atoms with Crippen LogP contribution in [0.25, 0.3) is 0 Å². The average Bonchev–Trinajstić information content (AvgIpc) is 2.48. The van der Waals surface area contributed by atoms with Crippen LogP contribution in [0.1, 0.15) is 25.6 Å². The van der Waals surface area contributed by atoms with E-state index >= 15 is 0 Å². The van der Waals surface area contributed by atoms with Crippen molar-refractivity contribution in [3.8, 4) is 0 Å². The molecule has 1 N–H and O–H groups in total. The Morgan fingerprint density at radius 1 is 1.58 bits per heavy atom. The van der Waals surface area contributed by atoms with Gasteiger partial charge < -0.3 is 9.63 Å². The van der Waals surface area contributed by atoms with Crippen LogP contribution in [-0.2, 0) is 12.4 Å². The van der Waals surface area contributed by atoms with E-state index in [1.807, 2.05) is 0 Å². The number of aromatic nitrogens is 2. The summed E-state index contributed by atoms with van der Waals surface area (Å²) in [6.07, 6.45) is 0. The Balaban J connectivity index is 2.41. The molecule has 4 nitrogen and oxygen atoms in total. The maximum Gasteiger partial charge on any atom is 0.252 e. The van der Waals surface area contributed by atoms with E-state index in [1.54, 1.807) is 11.8 Å². The van der Waals surface area contributed by atoms with Gasteiger partial charge in [-0.1, -0.05) is 19.0 Å². The third kappa shape index (κ3) is 2.83. The molecule has 1 aromatic rings. The number of hydrogen-bond donors (Lipinski definition) is 1. The first kappa shape index (κ1) is 9.54. The lowest BCUT2D eigenvalue weighted by Crippen LogP contribution is -1.91. The smallest absolute Gasteiger partial charge is 0.252 e. The van der Waals surface area contributed by atoms with Crippen molar-refractivity contribution in [1.82, 2.24) is 10.1 Å². The Labute approximate surface area is 75.4 Å². The van der Waals surface area contributed by atoms with Gasteiger partial charge in [-0.2, -0.15) is 16.7 Å². The van der Waals surface area contributed by atoms with E-state index < -0.39 is 0 Å². The quantitative estimate of drug-likeness (QED) is 0.769. The van der Waals surface area contributed by atoms with Crippen molar-refractivity contribution in [3.05, 3.63) is 11.7 Å². The van der Waals surface area contributed by atoms with Gasteiger partial charge in [0.15, 0.2) is 5.82 Å². The number of thioether (sulfide) groups is 1.